The van der Waals surface area contributed by atoms with Gasteiger partial charge in [-0.05, 0) is 13.8 Å². The summed E-state index contributed by atoms with van der Waals surface area (Å²) >= 11 is 0. The molecule has 5 nitrogen and oxygen atoms in total. The van der Waals surface area contributed by atoms with Crippen LogP contribution in [0.3, 0.4) is 0 Å². The van der Waals surface area contributed by atoms with E-state index in [2.05, 4.69) is 4.90 Å². The lowest BCUT2D eigenvalue weighted by molar-refractivity contribution is 0.0768. The predicted octanol–water partition coefficient (Wildman–Crippen LogP) is -0.667. The second-order valence-corrected chi connectivity index (χ2v) is 6.18. The molecule has 2 atom stereocenters. The van der Waals surface area contributed by atoms with E-state index in [1.54, 1.807) is 0 Å². The van der Waals surface area contributed by atoms with Crippen LogP contribution in [0.1, 0.15) is 13.8 Å². The maximum Gasteiger partial charge on any atom is 0.211 e. The molecule has 15 heavy (non-hydrogen) atoms. The first-order valence-corrected chi connectivity index (χ1v) is 7.02. The summed E-state index contributed by atoms with van der Waals surface area (Å²) < 4.78 is 24.3. The van der Waals surface area contributed by atoms with Crippen molar-refractivity contribution in [2.75, 3.05) is 32.5 Å². The molecule has 90 valence electrons. The number of nitrogens with zero attached hydrogens (tertiary/aromatic N) is 2. The summed E-state index contributed by atoms with van der Waals surface area (Å²) in [6.07, 6.45) is 1.24. The SMILES string of the molecule is CC(CO)N1CCN(S(C)(=O)=O)C(C)C1. The molecule has 0 aliphatic carbocycles. The molecule has 0 aromatic heterocycles. The van der Waals surface area contributed by atoms with E-state index in [1.807, 2.05) is 13.8 Å². The van der Waals surface area contributed by atoms with Gasteiger partial charge in [-0.1, -0.05) is 0 Å². The van der Waals surface area contributed by atoms with Gasteiger partial charge in [0.25, 0.3) is 0 Å². The summed E-state index contributed by atoms with van der Waals surface area (Å²) in [6.45, 7) is 5.87. The van der Waals surface area contributed by atoms with Gasteiger partial charge in [0.05, 0.1) is 12.9 Å². The molecule has 0 aromatic carbocycles. The van der Waals surface area contributed by atoms with Crippen molar-refractivity contribution >= 4 is 10.0 Å². The molecular formula is C9H20N2O3S. The van der Waals surface area contributed by atoms with Crippen LogP contribution in [-0.2, 0) is 10.0 Å². The van der Waals surface area contributed by atoms with Gasteiger partial charge in [-0.3, -0.25) is 4.90 Å². The second-order valence-electron chi connectivity index (χ2n) is 4.25. The Balaban J connectivity index is 2.63. The van der Waals surface area contributed by atoms with Crippen molar-refractivity contribution in [1.82, 2.24) is 9.21 Å². The van der Waals surface area contributed by atoms with E-state index in [0.29, 0.717) is 19.6 Å². The zero-order valence-electron chi connectivity index (χ0n) is 9.55. The average molecular weight is 236 g/mol. The highest BCUT2D eigenvalue weighted by atomic mass is 32.2. The topological polar surface area (TPSA) is 60.9 Å². The number of hydrogen-bond acceptors (Lipinski definition) is 4. The van der Waals surface area contributed by atoms with Gasteiger partial charge in [0.15, 0.2) is 0 Å². The fraction of sp³-hybridized carbons (Fsp3) is 1.00. The molecule has 0 spiro atoms. The lowest BCUT2D eigenvalue weighted by Gasteiger charge is -2.40. The number of aliphatic hydroxyl groups is 1. The molecule has 1 aliphatic rings. The minimum atomic E-state index is -3.09. The first-order valence-electron chi connectivity index (χ1n) is 5.18. The van der Waals surface area contributed by atoms with Gasteiger partial charge in [0.1, 0.15) is 0 Å². The molecule has 0 saturated carbocycles. The van der Waals surface area contributed by atoms with Crippen molar-refractivity contribution in [2.24, 2.45) is 0 Å². The third-order valence-electron chi connectivity index (χ3n) is 2.91. The molecule has 6 heteroatoms. The molecule has 0 bridgehead atoms. The molecule has 1 fully saturated rings. The predicted molar refractivity (Wildman–Crippen MR) is 59.1 cm³/mol. The van der Waals surface area contributed by atoms with Crippen molar-refractivity contribution in [3.05, 3.63) is 0 Å². The van der Waals surface area contributed by atoms with E-state index in [4.69, 9.17) is 5.11 Å². The van der Waals surface area contributed by atoms with Crippen molar-refractivity contribution in [3.8, 4) is 0 Å². The zero-order chi connectivity index (χ0) is 11.6. The first kappa shape index (κ1) is 12.9. The van der Waals surface area contributed by atoms with Crippen LogP contribution in [0, 0.1) is 0 Å². The largest absolute Gasteiger partial charge is 0.395 e. The molecule has 0 radical (unpaired) electrons. The number of piperazine rings is 1. The summed E-state index contributed by atoms with van der Waals surface area (Å²) in [5.41, 5.74) is 0. The molecule has 1 aliphatic heterocycles. The fourth-order valence-corrected chi connectivity index (χ4v) is 3.11. The van der Waals surface area contributed by atoms with Gasteiger partial charge in [-0.2, -0.15) is 4.31 Å². The van der Waals surface area contributed by atoms with Crippen molar-refractivity contribution in [3.63, 3.8) is 0 Å². The molecule has 1 heterocycles. The number of sulfonamides is 1. The van der Waals surface area contributed by atoms with Gasteiger partial charge < -0.3 is 5.11 Å². The minimum Gasteiger partial charge on any atom is -0.395 e. The molecular weight excluding hydrogens is 216 g/mol. The molecule has 0 aromatic rings. The van der Waals surface area contributed by atoms with Gasteiger partial charge in [0, 0.05) is 31.7 Å². The van der Waals surface area contributed by atoms with Crippen molar-refractivity contribution in [2.45, 2.75) is 25.9 Å². The maximum absolute atomic E-state index is 11.4. The monoisotopic (exact) mass is 236 g/mol. The molecule has 1 saturated heterocycles. The zero-order valence-corrected chi connectivity index (χ0v) is 10.4. The fourth-order valence-electron chi connectivity index (χ4n) is 1.98. The Labute approximate surface area is 91.7 Å². The van der Waals surface area contributed by atoms with Gasteiger partial charge in [-0.15, -0.1) is 0 Å². The second kappa shape index (κ2) is 4.78. The number of aliphatic hydroxyl groups excluding tert-OH is 1. The van der Waals surface area contributed by atoms with E-state index in [9.17, 15) is 8.42 Å². The molecule has 1 rings (SSSR count). The van der Waals surface area contributed by atoms with Crippen molar-refractivity contribution in [1.29, 1.82) is 0 Å². The summed E-state index contributed by atoms with van der Waals surface area (Å²) in [4.78, 5) is 2.12. The maximum atomic E-state index is 11.4. The Morgan fingerprint density at radius 2 is 2.07 bits per heavy atom. The van der Waals surface area contributed by atoms with Crippen molar-refractivity contribution < 1.29 is 13.5 Å². The van der Waals surface area contributed by atoms with Gasteiger partial charge in [-0.25, -0.2) is 8.42 Å². The van der Waals surface area contributed by atoms with Crippen LogP contribution in [0.4, 0.5) is 0 Å². The average Bonchev–Trinajstić information content (AvgIpc) is 2.14. The van der Waals surface area contributed by atoms with Crippen LogP contribution in [0.5, 0.6) is 0 Å². The van der Waals surface area contributed by atoms with E-state index in [-0.39, 0.29) is 18.7 Å². The standard InChI is InChI=1S/C9H20N2O3S/c1-8-6-10(9(2)7-12)4-5-11(8)15(3,13)14/h8-9,12H,4-7H2,1-3H3. The summed E-state index contributed by atoms with van der Waals surface area (Å²) in [5, 5.41) is 9.03. The van der Waals surface area contributed by atoms with Crippen LogP contribution >= 0.6 is 0 Å². The Morgan fingerprint density at radius 1 is 1.47 bits per heavy atom. The van der Waals surface area contributed by atoms with Gasteiger partial charge in [0.2, 0.25) is 10.0 Å². The highest BCUT2D eigenvalue weighted by Crippen LogP contribution is 2.14. The van der Waals surface area contributed by atoms with Crippen LogP contribution in [0.2, 0.25) is 0 Å². The minimum absolute atomic E-state index is 0.0113. The third-order valence-corrected chi connectivity index (χ3v) is 4.31. The summed E-state index contributed by atoms with van der Waals surface area (Å²) in [7, 11) is -3.09. The molecule has 2 unspecified atom stereocenters. The van der Waals surface area contributed by atoms with E-state index in [1.165, 1.54) is 10.6 Å². The van der Waals surface area contributed by atoms with Crippen LogP contribution in [0.25, 0.3) is 0 Å². The smallest absolute Gasteiger partial charge is 0.211 e. The van der Waals surface area contributed by atoms with Crippen LogP contribution in [-0.4, -0.2) is 67.3 Å². The van der Waals surface area contributed by atoms with E-state index < -0.39 is 10.0 Å². The summed E-state index contributed by atoms with van der Waals surface area (Å²) in [6, 6.07) is 0.0944. The lowest BCUT2D eigenvalue weighted by atomic mass is 10.2. The lowest BCUT2D eigenvalue weighted by Crippen LogP contribution is -2.56. The summed E-state index contributed by atoms with van der Waals surface area (Å²) in [5.74, 6) is 0. The van der Waals surface area contributed by atoms with E-state index in [0.717, 1.165) is 0 Å². The van der Waals surface area contributed by atoms with Crippen LogP contribution in [0.15, 0.2) is 0 Å². The first-order chi connectivity index (χ1) is 6.86. The van der Waals surface area contributed by atoms with Crippen LogP contribution < -0.4 is 0 Å². The highest BCUT2D eigenvalue weighted by molar-refractivity contribution is 7.88. The van der Waals surface area contributed by atoms with Gasteiger partial charge >= 0.3 is 0 Å². The Hall–Kier alpha value is -0.170. The third kappa shape index (κ3) is 3.14. The number of hydrogen-bond donors (Lipinski definition) is 1. The van der Waals surface area contributed by atoms with E-state index >= 15 is 0 Å². The molecule has 1 N–H and O–H groups in total. The Morgan fingerprint density at radius 3 is 2.47 bits per heavy atom. The Bertz CT molecular complexity index is 304. The highest BCUT2D eigenvalue weighted by Gasteiger charge is 2.31. The number of rotatable bonds is 3. The normalized spacial score (nSPS) is 27.9. The Kier molecular flexibility index (Phi) is 4.11. The quantitative estimate of drug-likeness (QED) is 0.706. The molecule has 0 amide bonds.